The first-order valence-corrected chi connectivity index (χ1v) is 7.82. The Morgan fingerprint density at radius 3 is 2.35 bits per heavy atom. The molecule has 23 heavy (non-hydrogen) atoms. The van der Waals surface area contributed by atoms with Crippen molar-refractivity contribution in [3.05, 3.63) is 48.3 Å². The van der Waals surface area contributed by atoms with Crippen molar-refractivity contribution in [3.8, 4) is 11.5 Å². The largest absolute Gasteiger partial charge is 0.498 e. The third-order valence-corrected chi connectivity index (χ3v) is 4.29. The third kappa shape index (κ3) is 3.41. The Hall–Kier alpha value is -2.23. The standard InChI is InChI=1S/C19H24O4/c1-5-8-19(9-7-15(23-6-2)13-18(19)20)14-10-16(21-3)12-17(11-14)22-4/h5,10-13H,1,6-9H2,2-4H3/t19-/m1/s1. The third-order valence-electron chi connectivity index (χ3n) is 4.29. The van der Waals surface area contributed by atoms with Crippen LogP contribution < -0.4 is 9.47 Å². The van der Waals surface area contributed by atoms with E-state index in [2.05, 4.69) is 6.58 Å². The molecule has 0 saturated carbocycles. The lowest BCUT2D eigenvalue weighted by Crippen LogP contribution is -2.37. The number of ketones is 1. The van der Waals surface area contributed by atoms with Crippen LogP contribution in [0.3, 0.4) is 0 Å². The number of hydrogen-bond donors (Lipinski definition) is 0. The van der Waals surface area contributed by atoms with Crippen molar-refractivity contribution in [2.24, 2.45) is 0 Å². The molecule has 0 amide bonds. The molecule has 4 heteroatoms. The van der Waals surface area contributed by atoms with Gasteiger partial charge in [-0.15, -0.1) is 6.58 Å². The monoisotopic (exact) mass is 316 g/mol. The molecular weight excluding hydrogens is 292 g/mol. The maximum absolute atomic E-state index is 12.9. The SMILES string of the molecule is C=CC[C@]1(c2cc(OC)cc(OC)c2)CCC(OCC)=CC1=O. The second kappa shape index (κ2) is 7.36. The second-order valence-corrected chi connectivity index (χ2v) is 5.58. The molecule has 0 bridgehead atoms. The number of methoxy groups -OCH3 is 2. The van der Waals surface area contributed by atoms with Crippen molar-refractivity contribution in [3.63, 3.8) is 0 Å². The summed E-state index contributed by atoms with van der Waals surface area (Å²) in [6.07, 6.45) is 5.40. The molecule has 0 radical (unpaired) electrons. The highest BCUT2D eigenvalue weighted by molar-refractivity contribution is 6.00. The van der Waals surface area contributed by atoms with Crippen LogP contribution in [0, 0.1) is 0 Å². The van der Waals surface area contributed by atoms with Crippen molar-refractivity contribution >= 4 is 5.78 Å². The van der Waals surface area contributed by atoms with Gasteiger partial charge in [-0.05, 0) is 37.5 Å². The zero-order valence-corrected chi connectivity index (χ0v) is 14.1. The van der Waals surface area contributed by atoms with E-state index in [1.807, 2.05) is 19.1 Å². The summed E-state index contributed by atoms with van der Waals surface area (Å²) in [5.74, 6) is 2.15. The van der Waals surface area contributed by atoms with Gasteiger partial charge >= 0.3 is 0 Å². The van der Waals surface area contributed by atoms with Crippen molar-refractivity contribution in [1.29, 1.82) is 0 Å². The van der Waals surface area contributed by atoms with Crippen molar-refractivity contribution in [2.45, 2.75) is 31.6 Å². The summed E-state index contributed by atoms with van der Waals surface area (Å²) in [6.45, 7) is 6.32. The molecule has 0 spiro atoms. The van der Waals surface area contributed by atoms with E-state index in [9.17, 15) is 4.79 Å². The van der Waals surface area contributed by atoms with Gasteiger partial charge in [-0.3, -0.25) is 4.79 Å². The Kier molecular flexibility index (Phi) is 5.48. The Balaban J connectivity index is 2.50. The minimum atomic E-state index is -0.635. The maximum Gasteiger partial charge on any atom is 0.169 e. The minimum Gasteiger partial charge on any atom is -0.498 e. The predicted molar refractivity (Wildman–Crippen MR) is 90.0 cm³/mol. The normalized spacial score (nSPS) is 20.7. The Morgan fingerprint density at radius 1 is 1.22 bits per heavy atom. The summed E-state index contributed by atoms with van der Waals surface area (Å²) in [5, 5.41) is 0. The molecule has 0 fully saturated rings. The molecule has 0 aliphatic heterocycles. The van der Waals surface area contributed by atoms with Crippen LogP contribution in [0.4, 0.5) is 0 Å². The Morgan fingerprint density at radius 2 is 1.87 bits per heavy atom. The van der Waals surface area contributed by atoms with Gasteiger partial charge in [0, 0.05) is 18.6 Å². The first kappa shape index (κ1) is 17.1. The molecule has 1 aromatic carbocycles. The van der Waals surface area contributed by atoms with Gasteiger partial charge in [0.05, 0.1) is 32.0 Å². The van der Waals surface area contributed by atoms with Crippen LogP contribution in [0.5, 0.6) is 11.5 Å². The number of allylic oxidation sites excluding steroid dienone is 3. The minimum absolute atomic E-state index is 0.0439. The van der Waals surface area contributed by atoms with Gasteiger partial charge in [-0.2, -0.15) is 0 Å². The quantitative estimate of drug-likeness (QED) is 0.718. The van der Waals surface area contributed by atoms with Gasteiger partial charge < -0.3 is 14.2 Å². The number of rotatable bonds is 7. The van der Waals surface area contributed by atoms with Crippen LogP contribution in [0.15, 0.2) is 42.7 Å². The molecule has 1 aromatic rings. The molecule has 1 aliphatic rings. The lowest BCUT2D eigenvalue weighted by atomic mass is 9.68. The summed E-state index contributed by atoms with van der Waals surface area (Å²) in [5.41, 5.74) is 0.259. The van der Waals surface area contributed by atoms with Crippen molar-refractivity contribution < 1.29 is 19.0 Å². The lowest BCUT2D eigenvalue weighted by Gasteiger charge is -2.35. The molecule has 4 nitrogen and oxygen atoms in total. The van der Waals surface area contributed by atoms with Crippen LogP contribution in [0.2, 0.25) is 0 Å². The van der Waals surface area contributed by atoms with E-state index in [4.69, 9.17) is 14.2 Å². The Bertz CT molecular complexity index is 596. The van der Waals surface area contributed by atoms with Gasteiger partial charge in [0.15, 0.2) is 5.78 Å². The average molecular weight is 316 g/mol. The van der Waals surface area contributed by atoms with Crippen molar-refractivity contribution in [2.75, 3.05) is 20.8 Å². The fraction of sp³-hybridized carbons (Fsp3) is 0.421. The maximum atomic E-state index is 12.9. The molecule has 1 aliphatic carbocycles. The average Bonchev–Trinajstić information content (AvgIpc) is 2.57. The summed E-state index contributed by atoms with van der Waals surface area (Å²) in [7, 11) is 3.21. The molecule has 0 heterocycles. The summed E-state index contributed by atoms with van der Waals surface area (Å²) >= 11 is 0. The van der Waals surface area contributed by atoms with Gasteiger partial charge in [0.2, 0.25) is 0 Å². The molecule has 2 rings (SSSR count). The van der Waals surface area contributed by atoms with E-state index in [0.29, 0.717) is 30.9 Å². The number of hydrogen-bond acceptors (Lipinski definition) is 4. The van der Waals surface area contributed by atoms with E-state index in [1.165, 1.54) is 0 Å². The second-order valence-electron chi connectivity index (χ2n) is 5.58. The van der Waals surface area contributed by atoms with E-state index < -0.39 is 5.41 Å². The molecule has 0 aromatic heterocycles. The van der Waals surface area contributed by atoms with Gasteiger partial charge in [-0.1, -0.05) is 6.08 Å². The summed E-state index contributed by atoms with van der Waals surface area (Å²) in [4.78, 5) is 12.9. The topological polar surface area (TPSA) is 44.8 Å². The van der Waals surface area contributed by atoms with Crippen molar-refractivity contribution in [1.82, 2.24) is 0 Å². The van der Waals surface area contributed by atoms with E-state index in [1.54, 1.807) is 32.4 Å². The zero-order valence-electron chi connectivity index (χ0n) is 14.1. The fourth-order valence-corrected chi connectivity index (χ4v) is 3.05. The summed E-state index contributed by atoms with van der Waals surface area (Å²) < 4.78 is 16.2. The van der Waals surface area contributed by atoms with Crippen LogP contribution in [0.1, 0.15) is 31.7 Å². The highest BCUT2D eigenvalue weighted by atomic mass is 16.5. The summed E-state index contributed by atoms with van der Waals surface area (Å²) in [6, 6.07) is 5.62. The molecular formula is C19H24O4. The molecule has 0 saturated heterocycles. The molecule has 0 N–H and O–H groups in total. The number of ether oxygens (including phenoxy) is 3. The van der Waals surface area contributed by atoms with Crippen LogP contribution >= 0.6 is 0 Å². The highest BCUT2D eigenvalue weighted by Gasteiger charge is 2.41. The fourth-order valence-electron chi connectivity index (χ4n) is 3.05. The van der Waals surface area contributed by atoms with Gasteiger partial charge in [0.1, 0.15) is 11.5 Å². The van der Waals surface area contributed by atoms with Crippen LogP contribution in [0.25, 0.3) is 0 Å². The van der Waals surface area contributed by atoms with E-state index in [-0.39, 0.29) is 5.78 Å². The molecule has 1 atom stereocenters. The van der Waals surface area contributed by atoms with Crippen LogP contribution in [-0.2, 0) is 14.9 Å². The number of benzene rings is 1. The number of carbonyl (C=O) groups excluding carboxylic acids is 1. The van der Waals surface area contributed by atoms with E-state index in [0.717, 1.165) is 17.7 Å². The number of carbonyl (C=O) groups is 1. The molecule has 0 unspecified atom stereocenters. The molecule has 124 valence electrons. The van der Waals surface area contributed by atoms with Gasteiger partial charge in [0.25, 0.3) is 0 Å². The smallest absolute Gasteiger partial charge is 0.169 e. The van der Waals surface area contributed by atoms with Gasteiger partial charge in [-0.25, -0.2) is 0 Å². The Labute approximate surface area is 137 Å². The predicted octanol–water partition coefficient (Wildman–Crippen LogP) is 3.80. The van der Waals surface area contributed by atoms with E-state index >= 15 is 0 Å². The van der Waals surface area contributed by atoms with Crippen LogP contribution in [-0.4, -0.2) is 26.6 Å². The first-order valence-electron chi connectivity index (χ1n) is 7.82. The zero-order chi connectivity index (χ0) is 16.9. The lowest BCUT2D eigenvalue weighted by molar-refractivity contribution is -0.121. The highest BCUT2D eigenvalue weighted by Crippen LogP contribution is 2.42. The first-order chi connectivity index (χ1) is 11.1.